The Morgan fingerprint density at radius 2 is 1.53 bits per heavy atom. The van der Waals surface area contributed by atoms with E-state index in [9.17, 15) is 8.42 Å². The van der Waals surface area contributed by atoms with Gasteiger partial charge < -0.3 is 0 Å². The minimum Gasteiger partial charge on any atom is -0.286 e. The van der Waals surface area contributed by atoms with Crippen LogP contribution in [0.4, 0.5) is 0 Å². The Kier molecular flexibility index (Phi) is 8.34. The standard InChI is InChI=1S/C14H24O3S2/c15-19(16,17)13-8-6-4-2-1-3-5-7-10-14-11-9-12-18-14/h9,11-12H,1-8,10,13H2,(H,15,16,17). The predicted molar refractivity (Wildman–Crippen MR) is 81.4 cm³/mol. The molecule has 3 nitrogen and oxygen atoms in total. The average Bonchev–Trinajstić information content (AvgIpc) is 2.83. The van der Waals surface area contributed by atoms with Crippen molar-refractivity contribution >= 4 is 21.5 Å². The molecule has 0 aliphatic carbocycles. The molecule has 0 aliphatic rings. The molecule has 0 radical (unpaired) electrons. The number of unbranched alkanes of at least 4 members (excludes halogenated alkanes) is 7. The lowest BCUT2D eigenvalue weighted by Gasteiger charge is -2.01. The van der Waals surface area contributed by atoms with Crippen LogP contribution in [0.5, 0.6) is 0 Å². The summed E-state index contributed by atoms with van der Waals surface area (Å²) in [5, 5.41) is 2.13. The van der Waals surface area contributed by atoms with Crippen molar-refractivity contribution < 1.29 is 13.0 Å². The van der Waals surface area contributed by atoms with Crippen LogP contribution in [-0.2, 0) is 16.5 Å². The first-order chi connectivity index (χ1) is 9.08. The molecule has 0 fully saturated rings. The number of thiophene rings is 1. The van der Waals surface area contributed by atoms with Crippen molar-refractivity contribution in [2.24, 2.45) is 0 Å². The maximum atomic E-state index is 10.5. The third kappa shape index (κ3) is 10.1. The van der Waals surface area contributed by atoms with Crippen molar-refractivity contribution in [3.8, 4) is 0 Å². The second kappa shape index (κ2) is 9.50. The molecule has 1 aromatic rings. The van der Waals surface area contributed by atoms with Gasteiger partial charge in [0.2, 0.25) is 0 Å². The lowest BCUT2D eigenvalue weighted by atomic mass is 10.1. The third-order valence-electron chi connectivity index (χ3n) is 3.16. The molecule has 0 aromatic carbocycles. The van der Waals surface area contributed by atoms with Crippen LogP contribution in [0.3, 0.4) is 0 Å². The average molecular weight is 304 g/mol. The van der Waals surface area contributed by atoms with E-state index in [1.165, 1.54) is 43.4 Å². The summed E-state index contributed by atoms with van der Waals surface area (Å²) in [6.07, 6.45) is 9.97. The van der Waals surface area contributed by atoms with Crippen LogP contribution >= 0.6 is 11.3 Å². The minimum atomic E-state index is -3.75. The van der Waals surface area contributed by atoms with Gasteiger partial charge in [-0.25, -0.2) is 0 Å². The molecular weight excluding hydrogens is 280 g/mol. The van der Waals surface area contributed by atoms with Gasteiger partial charge in [0.25, 0.3) is 10.1 Å². The number of hydrogen-bond donors (Lipinski definition) is 1. The summed E-state index contributed by atoms with van der Waals surface area (Å²) in [6, 6.07) is 4.30. The Morgan fingerprint density at radius 3 is 2.05 bits per heavy atom. The molecule has 0 saturated heterocycles. The van der Waals surface area contributed by atoms with E-state index in [0.29, 0.717) is 6.42 Å². The number of aryl methyl sites for hydroxylation is 1. The summed E-state index contributed by atoms with van der Waals surface area (Å²) in [5.41, 5.74) is 0. The summed E-state index contributed by atoms with van der Waals surface area (Å²) in [7, 11) is -3.75. The Hall–Kier alpha value is -0.390. The first kappa shape index (κ1) is 16.7. The fourth-order valence-corrected chi connectivity index (χ4v) is 3.42. The van der Waals surface area contributed by atoms with E-state index in [4.69, 9.17) is 4.55 Å². The van der Waals surface area contributed by atoms with Crippen LogP contribution < -0.4 is 0 Å². The monoisotopic (exact) mass is 304 g/mol. The van der Waals surface area contributed by atoms with E-state index in [1.54, 1.807) is 0 Å². The van der Waals surface area contributed by atoms with Crippen molar-refractivity contribution in [3.63, 3.8) is 0 Å². The molecule has 0 aliphatic heterocycles. The SMILES string of the molecule is O=S(=O)(O)CCCCCCCCCCc1cccs1. The lowest BCUT2D eigenvalue weighted by Crippen LogP contribution is -2.03. The largest absolute Gasteiger partial charge is 0.286 e. The van der Waals surface area contributed by atoms with Crippen molar-refractivity contribution in [1.29, 1.82) is 0 Å². The van der Waals surface area contributed by atoms with Gasteiger partial charge in [-0.3, -0.25) is 4.55 Å². The summed E-state index contributed by atoms with van der Waals surface area (Å²) in [6.45, 7) is 0. The highest BCUT2D eigenvalue weighted by atomic mass is 32.2. The zero-order valence-electron chi connectivity index (χ0n) is 11.4. The predicted octanol–water partition coefficient (Wildman–Crippen LogP) is 4.30. The molecule has 19 heavy (non-hydrogen) atoms. The van der Waals surface area contributed by atoms with Crippen LogP contribution in [-0.4, -0.2) is 18.7 Å². The second-order valence-electron chi connectivity index (χ2n) is 4.94. The quantitative estimate of drug-likeness (QED) is 0.490. The summed E-state index contributed by atoms with van der Waals surface area (Å²) in [4.78, 5) is 1.48. The molecule has 110 valence electrons. The first-order valence-corrected chi connectivity index (χ1v) is 9.54. The molecule has 0 bridgehead atoms. The molecule has 1 rings (SSSR count). The normalized spacial score (nSPS) is 11.8. The molecule has 0 amide bonds. The van der Waals surface area contributed by atoms with Crippen molar-refractivity contribution in [3.05, 3.63) is 22.4 Å². The van der Waals surface area contributed by atoms with Crippen LogP contribution in [0.15, 0.2) is 17.5 Å². The maximum absolute atomic E-state index is 10.5. The summed E-state index contributed by atoms with van der Waals surface area (Å²) in [5.74, 6) is -0.0895. The highest BCUT2D eigenvalue weighted by Crippen LogP contribution is 2.14. The molecular formula is C14H24O3S2. The van der Waals surface area contributed by atoms with E-state index in [2.05, 4.69) is 17.5 Å². The Labute approximate surface area is 120 Å². The topological polar surface area (TPSA) is 54.4 Å². The fraction of sp³-hybridized carbons (Fsp3) is 0.714. The van der Waals surface area contributed by atoms with Crippen LogP contribution in [0.2, 0.25) is 0 Å². The van der Waals surface area contributed by atoms with Gasteiger partial charge in [-0.05, 0) is 30.7 Å². The van der Waals surface area contributed by atoms with E-state index < -0.39 is 10.1 Å². The third-order valence-corrected chi connectivity index (χ3v) is 4.90. The molecule has 0 saturated carbocycles. The van der Waals surface area contributed by atoms with Gasteiger partial charge in [-0.2, -0.15) is 8.42 Å². The van der Waals surface area contributed by atoms with Crippen LogP contribution in [0.25, 0.3) is 0 Å². The van der Waals surface area contributed by atoms with Crippen molar-refractivity contribution in [2.75, 3.05) is 5.75 Å². The van der Waals surface area contributed by atoms with E-state index in [-0.39, 0.29) is 5.75 Å². The molecule has 0 atom stereocenters. The fourth-order valence-electron chi connectivity index (χ4n) is 2.10. The highest BCUT2D eigenvalue weighted by Gasteiger charge is 2.02. The van der Waals surface area contributed by atoms with Gasteiger partial charge in [-0.1, -0.05) is 44.6 Å². The molecule has 1 N–H and O–H groups in total. The Morgan fingerprint density at radius 1 is 0.947 bits per heavy atom. The van der Waals surface area contributed by atoms with Crippen molar-refractivity contribution in [2.45, 2.75) is 57.8 Å². The maximum Gasteiger partial charge on any atom is 0.264 e. The molecule has 1 aromatic heterocycles. The highest BCUT2D eigenvalue weighted by molar-refractivity contribution is 7.85. The van der Waals surface area contributed by atoms with Gasteiger partial charge >= 0.3 is 0 Å². The first-order valence-electron chi connectivity index (χ1n) is 7.05. The zero-order chi connectivity index (χ0) is 14.0. The molecule has 5 heteroatoms. The van der Waals surface area contributed by atoms with Crippen LogP contribution in [0.1, 0.15) is 56.2 Å². The van der Waals surface area contributed by atoms with E-state index >= 15 is 0 Å². The second-order valence-corrected chi connectivity index (χ2v) is 7.55. The van der Waals surface area contributed by atoms with Gasteiger partial charge in [0.15, 0.2) is 0 Å². The van der Waals surface area contributed by atoms with Crippen molar-refractivity contribution in [1.82, 2.24) is 0 Å². The lowest BCUT2D eigenvalue weighted by molar-refractivity contribution is 0.478. The summed E-state index contributed by atoms with van der Waals surface area (Å²) >= 11 is 1.83. The van der Waals surface area contributed by atoms with Gasteiger partial charge in [0, 0.05) is 4.88 Å². The Balaban J connectivity index is 1.81. The number of rotatable bonds is 11. The van der Waals surface area contributed by atoms with Gasteiger partial charge in [0.1, 0.15) is 0 Å². The van der Waals surface area contributed by atoms with Crippen LogP contribution in [0, 0.1) is 0 Å². The number of hydrogen-bond acceptors (Lipinski definition) is 3. The van der Waals surface area contributed by atoms with Gasteiger partial charge in [-0.15, -0.1) is 11.3 Å². The molecule has 0 spiro atoms. The Bertz CT molecular complexity index is 410. The smallest absolute Gasteiger partial charge is 0.264 e. The minimum absolute atomic E-state index is 0.0895. The summed E-state index contributed by atoms with van der Waals surface area (Å²) < 4.78 is 29.6. The molecule has 1 heterocycles. The van der Waals surface area contributed by atoms with E-state index in [0.717, 1.165) is 12.8 Å². The van der Waals surface area contributed by atoms with Gasteiger partial charge in [0.05, 0.1) is 5.75 Å². The van der Waals surface area contributed by atoms with E-state index in [1.807, 2.05) is 11.3 Å². The molecule has 0 unspecified atom stereocenters. The zero-order valence-corrected chi connectivity index (χ0v) is 13.0.